The normalized spacial score (nSPS) is 11.3. The number of carbonyl (C=O) groups is 1. The molecule has 21 heavy (non-hydrogen) atoms. The molecule has 0 saturated heterocycles. The van der Waals surface area contributed by atoms with E-state index >= 15 is 0 Å². The van der Waals surface area contributed by atoms with Crippen molar-refractivity contribution in [2.75, 3.05) is 26.7 Å². The highest BCUT2D eigenvalue weighted by atomic mass is 35.5. The number of nitrogens with zero attached hydrogens (tertiary/aromatic N) is 1. The Morgan fingerprint density at radius 3 is 2.33 bits per heavy atom. The van der Waals surface area contributed by atoms with Gasteiger partial charge in [-0.3, -0.25) is 4.79 Å². The van der Waals surface area contributed by atoms with Crippen molar-refractivity contribution in [2.24, 2.45) is 11.1 Å². The monoisotopic (exact) mass is 312 g/mol. The van der Waals surface area contributed by atoms with Gasteiger partial charge in [-0.25, -0.2) is 0 Å². The summed E-state index contributed by atoms with van der Waals surface area (Å²) >= 11 is 5.82. The van der Waals surface area contributed by atoms with Crippen molar-refractivity contribution >= 4 is 17.5 Å². The minimum atomic E-state index is -0.449. The molecular weight excluding hydrogens is 288 g/mol. The van der Waals surface area contributed by atoms with Crippen molar-refractivity contribution in [3.8, 4) is 5.75 Å². The van der Waals surface area contributed by atoms with Crippen LogP contribution >= 0.6 is 11.6 Å². The minimum Gasteiger partial charge on any atom is -0.492 e. The maximum absolute atomic E-state index is 12.5. The summed E-state index contributed by atoms with van der Waals surface area (Å²) in [7, 11) is 1.79. The van der Waals surface area contributed by atoms with E-state index in [9.17, 15) is 4.79 Å². The third kappa shape index (κ3) is 4.61. The summed E-state index contributed by atoms with van der Waals surface area (Å²) in [4.78, 5) is 14.2. The predicted octanol–water partition coefficient (Wildman–Crippen LogP) is 2.94. The van der Waals surface area contributed by atoms with Gasteiger partial charge >= 0.3 is 0 Å². The van der Waals surface area contributed by atoms with Crippen molar-refractivity contribution in [3.63, 3.8) is 0 Å². The molecule has 1 aromatic rings. The number of ether oxygens (including phenoxy) is 1. The summed E-state index contributed by atoms with van der Waals surface area (Å²) in [6.07, 6.45) is 1.50. The number of benzene rings is 1. The average Bonchev–Trinajstić information content (AvgIpc) is 2.51. The number of rotatable bonds is 8. The fourth-order valence-corrected chi connectivity index (χ4v) is 2.39. The van der Waals surface area contributed by atoms with Gasteiger partial charge in [-0.1, -0.05) is 25.4 Å². The molecule has 0 aromatic heterocycles. The van der Waals surface area contributed by atoms with Crippen LogP contribution in [0.15, 0.2) is 24.3 Å². The lowest BCUT2D eigenvalue weighted by atomic mass is 9.81. The topological polar surface area (TPSA) is 55.6 Å². The first-order valence-electron chi connectivity index (χ1n) is 7.33. The van der Waals surface area contributed by atoms with Crippen molar-refractivity contribution in [1.82, 2.24) is 4.90 Å². The van der Waals surface area contributed by atoms with Crippen LogP contribution in [0.4, 0.5) is 0 Å². The van der Waals surface area contributed by atoms with E-state index in [4.69, 9.17) is 22.1 Å². The molecule has 0 atom stereocenters. The summed E-state index contributed by atoms with van der Waals surface area (Å²) in [5, 5.41) is 0.674. The van der Waals surface area contributed by atoms with Crippen LogP contribution in [0.1, 0.15) is 26.7 Å². The number of amides is 1. The molecule has 0 heterocycles. The molecule has 0 bridgehead atoms. The van der Waals surface area contributed by atoms with Gasteiger partial charge in [-0.2, -0.15) is 0 Å². The van der Waals surface area contributed by atoms with Crippen LogP contribution in [0.2, 0.25) is 5.02 Å². The average molecular weight is 313 g/mol. The van der Waals surface area contributed by atoms with Crippen LogP contribution in [0, 0.1) is 5.41 Å². The van der Waals surface area contributed by atoms with E-state index in [0.29, 0.717) is 24.7 Å². The summed E-state index contributed by atoms with van der Waals surface area (Å²) < 4.78 is 5.61. The van der Waals surface area contributed by atoms with Gasteiger partial charge in [-0.15, -0.1) is 0 Å². The highest BCUT2D eigenvalue weighted by Gasteiger charge is 2.35. The van der Waals surface area contributed by atoms with Crippen LogP contribution < -0.4 is 10.5 Å². The van der Waals surface area contributed by atoms with Gasteiger partial charge in [0.15, 0.2) is 0 Å². The third-order valence-corrected chi connectivity index (χ3v) is 4.31. The van der Waals surface area contributed by atoms with E-state index in [0.717, 1.165) is 18.6 Å². The third-order valence-electron chi connectivity index (χ3n) is 4.05. The molecule has 0 radical (unpaired) electrons. The van der Waals surface area contributed by atoms with E-state index in [2.05, 4.69) is 0 Å². The predicted molar refractivity (Wildman–Crippen MR) is 86.7 cm³/mol. The molecule has 0 fully saturated rings. The first-order valence-corrected chi connectivity index (χ1v) is 7.71. The molecule has 1 rings (SSSR count). The summed E-state index contributed by atoms with van der Waals surface area (Å²) in [6.45, 7) is 5.36. The van der Waals surface area contributed by atoms with Crippen molar-refractivity contribution < 1.29 is 9.53 Å². The lowest BCUT2D eigenvalue weighted by Gasteiger charge is -2.33. The number of carbonyl (C=O) groups excluding carboxylic acids is 1. The Bertz CT molecular complexity index is 436. The molecule has 2 N–H and O–H groups in total. The zero-order valence-electron chi connectivity index (χ0n) is 13.1. The quantitative estimate of drug-likeness (QED) is 0.803. The van der Waals surface area contributed by atoms with E-state index in [1.54, 1.807) is 24.1 Å². The molecule has 0 aliphatic heterocycles. The van der Waals surface area contributed by atoms with Crippen LogP contribution in [-0.2, 0) is 4.79 Å². The Labute approximate surface area is 132 Å². The van der Waals surface area contributed by atoms with E-state index < -0.39 is 5.41 Å². The second-order valence-corrected chi connectivity index (χ2v) is 5.66. The molecule has 1 aromatic carbocycles. The SMILES string of the molecule is CCC(CC)(CN)C(=O)N(C)CCOc1ccc(Cl)cc1. The Morgan fingerprint density at radius 2 is 1.86 bits per heavy atom. The smallest absolute Gasteiger partial charge is 0.229 e. The second-order valence-electron chi connectivity index (χ2n) is 5.22. The van der Waals surface area contributed by atoms with Crippen molar-refractivity contribution in [3.05, 3.63) is 29.3 Å². The second kappa shape index (κ2) is 8.25. The molecule has 4 nitrogen and oxygen atoms in total. The van der Waals surface area contributed by atoms with Crippen LogP contribution in [-0.4, -0.2) is 37.6 Å². The van der Waals surface area contributed by atoms with Gasteiger partial charge < -0.3 is 15.4 Å². The number of hydrogen-bond acceptors (Lipinski definition) is 3. The minimum absolute atomic E-state index is 0.0923. The fraction of sp³-hybridized carbons (Fsp3) is 0.562. The van der Waals surface area contributed by atoms with Gasteiger partial charge in [0.2, 0.25) is 5.91 Å². The van der Waals surface area contributed by atoms with E-state index in [1.807, 2.05) is 26.0 Å². The first kappa shape index (κ1) is 17.8. The summed E-state index contributed by atoms with van der Waals surface area (Å²) in [5.74, 6) is 0.839. The molecule has 5 heteroatoms. The Balaban J connectivity index is 2.51. The van der Waals surface area contributed by atoms with E-state index in [1.165, 1.54) is 0 Å². The van der Waals surface area contributed by atoms with Crippen LogP contribution in [0.25, 0.3) is 0 Å². The highest BCUT2D eigenvalue weighted by molar-refractivity contribution is 6.30. The fourth-order valence-electron chi connectivity index (χ4n) is 2.27. The molecule has 0 spiro atoms. The molecular formula is C16H25ClN2O2. The van der Waals surface area contributed by atoms with Gasteiger partial charge in [0.25, 0.3) is 0 Å². The highest BCUT2D eigenvalue weighted by Crippen LogP contribution is 2.27. The lowest BCUT2D eigenvalue weighted by molar-refractivity contribution is -0.141. The van der Waals surface area contributed by atoms with Crippen molar-refractivity contribution in [1.29, 1.82) is 0 Å². The standard InChI is InChI=1S/C16H25ClN2O2/c1-4-16(5-2,12-18)15(20)19(3)10-11-21-14-8-6-13(17)7-9-14/h6-9H,4-5,10-12,18H2,1-3H3. The summed E-state index contributed by atoms with van der Waals surface area (Å²) in [6, 6.07) is 7.18. The molecule has 0 unspecified atom stereocenters. The zero-order chi connectivity index (χ0) is 15.9. The number of likely N-dealkylation sites (N-methyl/N-ethyl adjacent to an activating group) is 1. The Morgan fingerprint density at radius 1 is 1.29 bits per heavy atom. The van der Waals surface area contributed by atoms with E-state index in [-0.39, 0.29) is 5.91 Å². The molecule has 0 saturated carbocycles. The van der Waals surface area contributed by atoms with Crippen LogP contribution in [0.5, 0.6) is 5.75 Å². The number of halogens is 1. The van der Waals surface area contributed by atoms with Gasteiger partial charge in [0.05, 0.1) is 12.0 Å². The summed E-state index contributed by atoms with van der Waals surface area (Å²) in [5.41, 5.74) is 5.36. The van der Waals surface area contributed by atoms with Gasteiger partial charge in [-0.05, 0) is 37.1 Å². The molecule has 0 aliphatic carbocycles. The number of hydrogen-bond donors (Lipinski definition) is 1. The van der Waals surface area contributed by atoms with Gasteiger partial charge in [0.1, 0.15) is 12.4 Å². The first-order chi connectivity index (χ1) is 9.99. The Kier molecular flexibility index (Phi) is 6.99. The molecule has 118 valence electrons. The molecule has 0 aliphatic rings. The van der Waals surface area contributed by atoms with Gasteiger partial charge in [0, 0.05) is 18.6 Å². The number of nitrogens with two attached hydrogens (primary N) is 1. The molecule has 1 amide bonds. The largest absolute Gasteiger partial charge is 0.492 e. The maximum Gasteiger partial charge on any atom is 0.229 e. The lowest BCUT2D eigenvalue weighted by Crippen LogP contribution is -2.47. The maximum atomic E-state index is 12.5. The zero-order valence-corrected chi connectivity index (χ0v) is 13.8. The van der Waals surface area contributed by atoms with Crippen LogP contribution in [0.3, 0.4) is 0 Å². The van der Waals surface area contributed by atoms with Crippen molar-refractivity contribution in [2.45, 2.75) is 26.7 Å². The Hall–Kier alpha value is -1.26.